The number of ether oxygens (including phenoxy) is 1. The Labute approximate surface area is 124 Å². The van der Waals surface area contributed by atoms with Gasteiger partial charge in [0.1, 0.15) is 0 Å². The maximum absolute atomic E-state index is 9.87. The summed E-state index contributed by atoms with van der Waals surface area (Å²) in [5.74, 6) is 0. The van der Waals surface area contributed by atoms with Gasteiger partial charge in [-0.1, -0.05) is 39.0 Å². The van der Waals surface area contributed by atoms with Crippen molar-refractivity contribution >= 4 is 0 Å². The Balaban J connectivity index is 3.40. The van der Waals surface area contributed by atoms with Crippen LogP contribution in [-0.4, -0.2) is 50.1 Å². The van der Waals surface area contributed by atoms with Crippen LogP contribution in [0.3, 0.4) is 0 Å². The molecule has 0 aliphatic heterocycles. The summed E-state index contributed by atoms with van der Waals surface area (Å²) in [6.07, 6.45) is 7.70. The van der Waals surface area contributed by atoms with Crippen LogP contribution in [0.2, 0.25) is 0 Å². The van der Waals surface area contributed by atoms with Crippen molar-refractivity contribution in [2.75, 3.05) is 32.8 Å². The van der Waals surface area contributed by atoms with Crippen molar-refractivity contribution in [2.45, 2.75) is 64.0 Å². The van der Waals surface area contributed by atoms with Gasteiger partial charge in [0.25, 0.3) is 0 Å². The fourth-order valence-electron chi connectivity index (χ4n) is 2.15. The molecule has 0 aromatic rings. The molecule has 0 aliphatic carbocycles. The molecule has 2 atom stereocenters. The van der Waals surface area contributed by atoms with E-state index in [9.17, 15) is 5.11 Å². The largest absolute Gasteiger partial charge is 0.391 e. The quantitative estimate of drug-likeness (QED) is 0.337. The summed E-state index contributed by atoms with van der Waals surface area (Å²) in [4.78, 5) is 0. The van der Waals surface area contributed by atoms with Crippen LogP contribution >= 0.6 is 0 Å². The Hall–Kier alpha value is -0.200. The Kier molecular flexibility index (Phi) is 15.0. The Bertz CT molecular complexity index is 194. The topological polar surface area (TPSA) is 93.5 Å². The number of hydrogen-bond donors (Lipinski definition) is 4. The summed E-state index contributed by atoms with van der Waals surface area (Å²) in [5.41, 5.74) is 11.1. The summed E-state index contributed by atoms with van der Waals surface area (Å²) in [6, 6.07) is 0.117. The minimum atomic E-state index is -0.450. The highest BCUT2D eigenvalue weighted by Gasteiger charge is 2.12. The van der Waals surface area contributed by atoms with E-state index in [4.69, 9.17) is 16.2 Å². The van der Waals surface area contributed by atoms with Crippen LogP contribution in [0.15, 0.2) is 0 Å². The minimum absolute atomic E-state index is 0.117. The zero-order chi connectivity index (χ0) is 15.1. The van der Waals surface area contributed by atoms with Crippen molar-refractivity contribution in [3.8, 4) is 0 Å². The molecule has 5 nitrogen and oxygen atoms in total. The van der Waals surface area contributed by atoms with Gasteiger partial charge in [-0.2, -0.15) is 0 Å². The van der Waals surface area contributed by atoms with Crippen molar-refractivity contribution in [1.29, 1.82) is 0 Å². The number of aliphatic hydroxyl groups excluding tert-OH is 1. The van der Waals surface area contributed by atoms with E-state index in [2.05, 4.69) is 12.2 Å². The van der Waals surface area contributed by atoms with E-state index in [1.807, 2.05) is 0 Å². The van der Waals surface area contributed by atoms with Gasteiger partial charge in [-0.15, -0.1) is 0 Å². The molecule has 0 heterocycles. The summed E-state index contributed by atoms with van der Waals surface area (Å²) in [7, 11) is 0. The van der Waals surface area contributed by atoms with Gasteiger partial charge in [0, 0.05) is 32.3 Å². The number of hydrogen-bond acceptors (Lipinski definition) is 5. The highest BCUT2D eigenvalue weighted by atomic mass is 16.5. The monoisotopic (exact) mass is 289 g/mol. The predicted octanol–water partition coefficient (Wildman–Crippen LogP) is 0.990. The molecule has 2 unspecified atom stereocenters. The van der Waals surface area contributed by atoms with E-state index in [1.54, 1.807) is 0 Å². The standard InChI is InChI=1S/C15H35N3O2/c1-2-3-4-5-6-7-10-20-13-15(19)11-14(12-17)18-9-8-16/h14-15,18-19H,2-13,16-17H2,1H3. The molecule has 0 aromatic carbocycles. The van der Waals surface area contributed by atoms with Gasteiger partial charge in [0.05, 0.1) is 12.7 Å². The lowest BCUT2D eigenvalue weighted by Gasteiger charge is -2.20. The lowest BCUT2D eigenvalue weighted by atomic mass is 10.1. The summed E-state index contributed by atoms with van der Waals surface area (Å²) in [6.45, 7) is 5.19. The van der Waals surface area contributed by atoms with Crippen LogP contribution in [0.1, 0.15) is 51.9 Å². The molecule has 0 spiro atoms. The zero-order valence-electron chi connectivity index (χ0n) is 13.2. The Morgan fingerprint density at radius 1 is 1.10 bits per heavy atom. The van der Waals surface area contributed by atoms with Crippen LogP contribution < -0.4 is 16.8 Å². The van der Waals surface area contributed by atoms with Gasteiger partial charge in [-0.05, 0) is 12.8 Å². The molecule has 122 valence electrons. The molecule has 0 bridgehead atoms. The van der Waals surface area contributed by atoms with Gasteiger partial charge < -0.3 is 26.6 Å². The summed E-state index contributed by atoms with van der Waals surface area (Å²) < 4.78 is 5.51. The van der Waals surface area contributed by atoms with E-state index >= 15 is 0 Å². The number of aliphatic hydroxyl groups is 1. The van der Waals surface area contributed by atoms with Crippen molar-refractivity contribution in [3.63, 3.8) is 0 Å². The van der Waals surface area contributed by atoms with Crippen molar-refractivity contribution in [3.05, 3.63) is 0 Å². The van der Waals surface area contributed by atoms with Gasteiger partial charge in [0.2, 0.25) is 0 Å². The van der Waals surface area contributed by atoms with Gasteiger partial charge in [-0.3, -0.25) is 0 Å². The number of unbranched alkanes of at least 4 members (excludes halogenated alkanes) is 5. The average molecular weight is 289 g/mol. The summed E-state index contributed by atoms with van der Waals surface area (Å²) in [5, 5.41) is 13.1. The lowest BCUT2D eigenvalue weighted by molar-refractivity contribution is 0.0263. The smallest absolute Gasteiger partial charge is 0.0789 e. The maximum Gasteiger partial charge on any atom is 0.0789 e. The molecule has 0 saturated heterocycles. The van der Waals surface area contributed by atoms with Crippen molar-refractivity contribution in [1.82, 2.24) is 5.32 Å². The van der Waals surface area contributed by atoms with Crippen LogP contribution in [0.25, 0.3) is 0 Å². The molecular formula is C15H35N3O2. The second-order valence-electron chi connectivity index (χ2n) is 5.41. The number of nitrogens with two attached hydrogens (primary N) is 2. The molecule has 0 aromatic heterocycles. The first-order chi connectivity index (χ1) is 9.74. The van der Waals surface area contributed by atoms with E-state index in [0.717, 1.165) is 19.6 Å². The summed E-state index contributed by atoms with van der Waals surface area (Å²) >= 11 is 0. The van der Waals surface area contributed by atoms with E-state index < -0.39 is 6.10 Å². The SMILES string of the molecule is CCCCCCCCOCC(O)CC(CN)NCCN. The number of nitrogens with one attached hydrogen (secondary N) is 1. The molecule has 20 heavy (non-hydrogen) atoms. The zero-order valence-corrected chi connectivity index (χ0v) is 13.2. The third-order valence-corrected chi connectivity index (χ3v) is 3.37. The third kappa shape index (κ3) is 12.8. The molecule has 0 aliphatic rings. The second kappa shape index (κ2) is 15.2. The van der Waals surface area contributed by atoms with E-state index in [1.165, 1.54) is 32.1 Å². The van der Waals surface area contributed by atoms with Crippen LogP contribution in [-0.2, 0) is 4.74 Å². The van der Waals surface area contributed by atoms with Gasteiger partial charge >= 0.3 is 0 Å². The van der Waals surface area contributed by atoms with E-state index in [0.29, 0.717) is 26.1 Å². The Morgan fingerprint density at radius 3 is 2.45 bits per heavy atom. The van der Waals surface area contributed by atoms with Gasteiger partial charge in [0.15, 0.2) is 0 Å². The lowest BCUT2D eigenvalue weighted by Crippen LogP contribution is -2.41. The normalized spacial score (nSPS) is 14.4. The average Bonchev–Trinajstić information content (AvgIpc) is 2.46. The fourth-order valence-corrected chi connectivity index (χ4v) is 2.15. The molecule has 0 saturated carbocycles. The van der Waals surface area contributed by atoms with Crippen LogP contribution in [0.5, 0.6) is 0 Å². The predicted molar refractivity (Wildman–Crippen MR) is 84.7 cm³/mol. The molecule has 0 fully saturated rings. The molecule has 0 radical (unpaired) electrons. The Morgan fingerprint density at radius 2 is 1.80 bits per heavy atom. The second-order valence-corrected chi connectivity index (χ2v) is 5.41. The first kappa shape index (κ1) is 19.8. The highest BCUT2D eigenvalue weighted by molar-refractivity contribution is 4.72. The molecule has 6 N–H and O–H groups in total. The first-order valence-electron chi connectivity index (χ1n) is 8.13. The molecule has 5 heteroatoms. The minimum Gasteiger partial charge on any atom is -0.391 e. The van der Waals surface area contributed by atoms with Crippen LogP contribution in [0, 0.1) is 0 Å². The highest BCUT2D eigenvalue weighted by Crippen LogP contribution is 2.05. The third-order valence-electron chi connectivity index (χ3n) is 3.37. The van der Waals surface area contributed by atoms with Gasteiger partial charge in [-0.25, -0.2) is 0 Å². The first-order valence-corrected chi connectivity index (χ1v) is 8.13. The molecule has 0 rings (SSSR count). The van der Waals surface area contributed by atoms with Crippen molar-refractivity contribution < 1.29 is 9.84 Å². The molecular weight excluding hydrogens is 254 g/mol. The number of rotatable bonds is 15. The van der Waals surface area contributed by atoms with Crippen LogP contribution in [0.4, 0.5) is 0 Å². The maximum atomic E-state index is 9.87. The van der Waals surface area contributed by atoms with Crippen molar-refractivity contribution in [2.24, 2.45) is 11.5 Å². The fraction of sp³-hybridized carbons (Fsp3) is 1.00. The van der Waals surface area contributed by atoms with E-state index in [-0.39, 0.29) is 6.04 Å². The molecule has 0 amide bonds.